The molecule has 0 saturated heterocycles. The van der Waals surface area contributed by atoms with Crippen molar-refractivity contribution in [2.45, 2.75) is 64.3 Å². The zero-order valence-corrected chi connectivity index (χ0v) is 12.7. The minimum Gasteiger partial charge on any atom is -0.481 e. The third-order valence-corrected chi connectivity index (χ3v) is 5.34. The summed E-state index contributed by atoms with van der Waals surface area (Å²) in [6, 6.07) is 0.325. The molecule has 3 unspecified atom stereocenters. The Bertz CT molecular complexity index is 363. The monoisotopic (exact) mass is 281 g/mol. The Kier molecular flexibility index (Phi) is 5.06. The first-order valence-electron chi connectivity index (χ1n) is 8.04. The van der Waals surface area contributed by atoms with Gasteiger partial charge in [-0.2, -0.15) is 0 Å². The molecule has 0 aromatic carbocycles. The van der Waals surface area contributed by atoms with Crippen LogP contribution in [0.4, 0.5) is 0 Å². The molecule has 0 heterocycles. The molecule has 114 valence electrons. The number of carboxylic acids is 1. The van der Waals surface area contributed by atoms with Crippen LogP contribution in [0.15, 0.2) is 0 Å². The zero-order valence-electron chi connectivity index (χ0n) is 12.7. The van der Waals surface area contributed by atoms with E-state index in [-0.39, 0.29) is 11.8 Å². The maximum atomic E-state index is 12.7. The molecule has 2 aliphatic carbocycles. The Balaban J connectivity index is 2.03. The molecule has 2 fully saturated rings. The van der Waals surface area contributed by atoms with Gasteiger partial charge in [0.05, 0.1) is 11.8 Å². The lowest BCUT2D eigenvalue weighted by Crippen LogP contribution is -2.43. The van der Waals surface area contributed by atoms with E-state index in [1.54, 1.807) is 0 Å². The number of carboxylic acid groups (broad SMARTS) is 1. The highest BCUT2D eigenvalue weighted by molar-refractivity contribution is 5.85. The van der Waals surface area contributed by atoms with Crippen LogP contribution >= 0.6 is 0 Å². The molecule has 20 heavy (non-hydrogen) atoms. The van der Waals surface area contributed by atoms with Crippen molar-refractivity contribution in [2.24, 2.45) is 17.8 Å². The fourth-order valence-electron chi connectivity index (χ4n) is 3.93. The van der Waals surface area contributed by atoms with Gasteiger partial charge in [0.15, 0.2) is 0 Å². The minimum atomic E-state index is -0.795. The maximum absolute atomic E-state index is 12.7. The second-order valence-electron chi connectivity index (χ2n) is 6.54. The third kappa shape index (κ3) is 3.15. The number of hydrogen-bond acceptors (Lipinski definition) is 2. The van der Waals surface area contributed by atoms with Gasteiger partial charge in [0.25, 0.3) is 0 Å². The van der Waals surface area contributed by atoms with E-state index >= 15 is 0 Å². The molecule has 0 aliphatic heterocycles. The van der Waals surface area contributed by atoms with Crippen LogP contribution in [0.3, 0.4) is 0 Å². The van der Waals surface area contributed by atoms with Crippen molar-refractivity contribution < 1.29 is 14.7 Å². The molecule has 0 aromatic rings. The van der Waals surface area contributed by atoms with Gasteiger partial charge >= 0.3 is 5.97 Å². The maximum Gasteiger partial charge on any atom is 0.307 e. The quantitative estimate of drug-likeness (QED) is 0.862. The van der Waals surface area contributed by atoms with Crippen LogP contribution in [-0.4, -0.2) is 35.0 Å². The highest BCUT2D eigenvalue weighted by Crippen LogP contribution is 2.40. The summed E-state index contributed by atoms with van der Waals surface area (Å²) in [5, 5.41) is 9.37. The van der Waals surface area contributed by atoms with E-state index in [0.29, 0.717) is 18.4 Å². The molecule has 2 aliphatic rings. The lowest BCUT2D eigenvalue weighted by atomic mass is 9.91. The van der Waals surface area contributed by atoms with E-state index in [2.05, 4.69) is 6.92 Å². The van der Waals surface area contributed by atoms with Crippen LogP contribution in [0.25, 0.3) is 0 Å². The Morgan fingerprint density at radius 3 is 2.25 bits per heavy atom. The van der Waals surface area contributed by atoms with Crippen molar-refractivity contribution in [1.82, 2.24) is 4.90 Å². The first-order chi connectivity index (χ1) is 9.54. The lowest BCUT2D eigenvalue weighted by molar-refractivity contribution is -0.149. The number of rotatable bonds is 4. The minimum absolute atomic E-state index is 0.0697. The normalized spacial score (nSPS) is 31.2. The summed E-state index contributed by atoms with van der Waals surface area (Å²) in [4.78, 5) is 25.9. The average Bonchev–Trinajstić information content (AvgIpc) is 2.91. The fourth-order valence-corrected chi connectivity index (χ4v) is 3.93. The van der Waals surface area contributed by atoms with Crippen LogP contribution in [0.1, 0.15) is 58.3 Å². The molecule has 0 bridgehead atoms. The molecular formula is C16H27NO3. The predicted molar refractivity (Wildman–Crippen MR) is 77.3 cm³/mol. The van der Waals surface area contributed by atoms with E-state index in [4.69, 9.17) is 0 Å². The Hall–Kier alpha value is -1.06. The largest absolute Gasteiger partial charge is 0.481 e. The van der Waals surface area contributed by atoms with Gasteiger partial charge in [0, 0.05) is 13.1 Å². The third-order valence-electron chi connectivity index (χ3n) is 5.34. The zero-order chi connectivity index (χ0) is 14.7. The molecule has 1 amide bonds. The number of carbonyl (C=O) groups excluding carboxylic acids is 1. The number of amides is 1. The van der Waals surface area contributed by atoms with Crippen molar-refractivity contribution in [1.29, 1.82) is 0 Å². The van der Waals surface area contributed by atoms with Gasteiger partial charge in [-0.05, 0) is 31.6 Å². The van der Waals surface area contributed by atoms with Gasteiger partial charge < -0.3 is 10.0 Å². The molecule has 2 rings (SSSR count). The molecule has 0 aromatic heterocycles. The van der Waals surface area contributed by atoms with Crippen LogP contribution in [0.2, 0.25) is 0 Å². The van der Waals surface area contributed by atoms with Crippen molar-refractivity contribution in [2.75, 3.05) is 7.05 Å². The molecular weight excluding hydrogens is 254 g/mol. The standard InChI is InChI=1S/C16H27NO3/c1-3-11-9-13(14(10-11)16(19)20)15(18)17(2)12-7-5-4-6-8-12/h11-14H,3-10H2,1-2H3,(H,19,20). The summed E-state index contributed by atoms with van der Waals surface area (Å²) >= 11 is 0. The van der Waals surface area contributed by atoms with Crippen LogP contribution in [0.5, 0.6) is 0 Å². The Morgan fingerprint density at radius 2 is 1.70 bits per heavy atom. The molecule has 4 heteroatoms. The Labute approximate surface area is 121 Å². The molecule has 0 radical (unpaired) electrons. The van der Waals surface area contributed by atoms with Gasteiger partial charge in [0.1, 0.15) is 0 Å². The first kappa shape index (κ1) is 15.3. The second kappa shape index (κ2) is 6.59. The number of hydrogen-bond donors (Lipinski definition) is 1. The molecule has 2 saturated carbocycles. The molecule has 0 spiro atoms. The van der Waals surface area contributed by atoms with Gasteiger partial charge in [-0.3, -0.25) is 9.59 Å². The summed E-state index contributed by atoms with van der Waals surface area (Å²) < 4.78 is 0. The van der Waals surface area contributed by atoms with E-state index in [0.717, 1.165) is 25.7 Å². The number of aliphatic carboxylic acids is 1. The lowest BCUT2D eigenvalue weighted by Gasteiger charge is -2.33. The van der Waals surface area contributed by atoms with Crippen molar-refractivity contribution in [3.63, 3.8) is 0 Å². The van der Waals surface area contributed by atoms with Crippen molar-refractivity contribution >= 4 is 11.9 Å². The predicted octanol–water partition coefficient (Wildman–Crippen LogP) is 2.91. The average molecular weight is 281 g/mol. The van der Waals surface area contributed by atoms with Crippen LogP contribution < -0.4 is 0 Å². The Morgan fingerprint density at radius 1 is 1.10 bits per heavy atom. The van der Waals surface area contributed by atoms with Gasteiger partial charge in [-0.15, -0.1) is 0 Å². The summed E-state index contributed by atoms with van der Waals surface area (Å²) in [6.07, 6.45) is 8.18. The van der Waals surface area contributed by atoms with E-state index in [1.807, 2.05) is 11.9 Å². The smallest absolute Gasteiger partial charge is 0.307 e. The van der Waals surface area contributed by atoms with Gasteiger partial charge in [-0.25, -0.2) is 0 Å². The molecule has 1 N–H and O–H groups in total. The number of nitrogens with zero attached hydrogens (tertiary/aromatic N) is 1. The topological polar surface area (TPSA) is 57.6 Å². The van der Waals surface area contributed by atoms with Crippen LogP contribution in [-0.2, 0) is 9.59 Å². The fraction of sp³-hybridized carbons (Fsp3) is 0.875. The highest BCUT2D eigenvalue weighted by atomic mass is 16.4. The molecule has 4 nitrogen and oxygen atoms in total. The summed E-state index contributed by atoms with van der Waals surface area (Å²) in [5.74, 6) is -1.11. The summed E-state index contributed by atoms with van der Waals surface area (Å²) in [5.41, 5.74) is 0. The number of carbonyl (C=O) groups is 2. The van der Waals surface area contributed by atoms with Gasteiger partial charge in [0.2, 0.25) is 5.91 Å². The van der Waals surface area contributed by atoms with E-state index in [9.17, 15) is 14.7 Å². The van der Waals surface area contributed by atoms with Crippen molar-refractivity contribution in [3.8, 4) is 0 Å². The second-order valence-corrected chi connectivity index (χ2v) is 6.54. The van der Waals surface area contributed by atoms with E-state index < -0.39 is 11.9 Å². The van der Waals surface area contributed by atoms with Crippen LogP contribution in [0, 0.1) is 17.8 Å². The summed E-state index contributed by atoms with van der Waals surface area (Å²) in [6.45, 7) is 2.08. The first-order valence-corrected chi connectivity index (χ1v) is 8.04. The molecule has 3 atom stereocenters. The summed E-state index contributed by atoms with van der Waals surface area (Å²) in [7, 11) is 1.87. The highest BCUT2D eigenvalue weighted by Gasteiger charge is 2.43. The van der Waals surface area contributed by atoms with Crippen molar-refractivity contribution in [3.05, 3.63) is 0 Å². The van der Waals surface area contributed by atoms with E-state index in [1.165, 1.54) is 19.3 Å². The SMILES string of the molecule is CCC1CC(C(=O)O)C(C(=O)N(C)C2CCCCC2)C1. The van der Waals surface area contributed by atoms with Gasteiger partial charge in [-0.1, -0.05) is 32.6 Å².